The third-order valence-corrected chi connectivity index (χ3v) is 3.35. The number of nitrogens with zero attached hydrogens (tertiary/aromatic N) is 1. The normalized spacial score (nSPS) is 11.0. The highest BCUT2D eigenvalue weighted by Gasteiger charge is 2.05. The first kappa shape index (κ1) is 12.2. The van der Waals surface area contributed by atoms with Crippen molar-refractivity contribution in [2.24, 2.45) is 0 Å². The van der Waals surface area contributed by atoms with Gasteiger partial charge < -0.3 is 9.73 Å². The zero-order chi connectivity index (χ0) is 13.1. The molecule has 1 aromatic carbocycles. The van der Waals surface area contributed by atoms with Crippen LogP contribution in [-0.2, 0) is 13.1 Å². The molecule has 1 N–H and O–H groups in total. The van der Waals surface area contributed by atoms with E-state index < -0.39 is 0 Å². The van der Waals surface area contributed by atoms with Crippen LogP contribution in [0.15, 0.2) is 53.5 Å². The number of nitrogens with one attached hydrogen (secondary N) is 1. The van der Waals surface area contributed by atoms with Gasteiger partial charge in [-0.25, -0.2) is 0 Å². The summed E-state index contributed by atoms with van der Waals surface area (Å²) >= 11 is 6.17. The molecule has 0 radical (unpaired) electrons. The van der Waals surface area contributed by atoms with Crippen LogP contribution in [0.4, 0.5) is 0 Å². The maximum Gasteiger partial charge on any atom is 0.0947 e. The number of hydrogen-bond donors (Lipinski definition) is 1. The lowest BCUT2D eigenvalue weighted by atomic mass is 10.1. The summed E-state index contributed by atoms with van der Waals surface area (Å²) in [5.74, 6) is 0. The molecule has 3 aromatic rings. The molecule has 0 saturated carbocycles. The zero-order valence-electron chi connectivity index (χ0n) is 10.3. The fourth-order valence-electron chi connectivity index (χ4n) is 2.07. The summed E-state index contributed by atoms with van der Waals surface area (Å²) < 4.78 is 5.03. The summed E-state index contributed by atoms with van der Waals surface area (Å²) in [5, 5.41) is 5.10. The van der Waals surface area contributed by atoms with Gasteiger partial charge in [0.2, 0.25) is 0 Å². The van der Waals surface area contributed by atoms with Crippen molar-refractivity contribution in [1.82, 2.24) is 10.3 Å². The van der Waals surface area contributed by atoms with Gasteiger partial charge in [-0.15, -0.1) is 0 Å². The average Bonchev–Trinajstić information content (AvgIpc) is 2.95. The molecule has 19 heavy (non-hydrogen) atoms. The van der Waals surface area contributed by atoms with Crippen LogP contribution in [0, 0.1) is 0 Å². The van der Waals surface area contributed by atoms with E-state index in [4.69, 9.17) is 16.0 Å². The number of fused-ring (bicyclic) bond motifs is 1. The SMILES string of the molecule is Clc1ccc(CNCc2ccoc2)c2ncccc12. The van der Waals surface area contributed by atoms with Crippen LogP contribution in [0.5, 0.6) is 0 Å². The average molecular weight is 273 g/mol. The molecule has 0 aliphatic rings. The summed E-state index contributed by atoms with van der Waals surface area (Å²) in [7, 11) is 0. The molecular formula is C15H13ClN2O. The van der Waals surface area contributed by atoms with Crippen LogP contribution < -0.4 is 5.32 Å². The highest BCUT2D eigenvalue weighted by molar-refractivity contribution is 6.35. The predicted molar refractivity (Wildman–Crippen MR) is 76.0 cm³/mol. The third kappa shape index (κ3) is 2.62. The molecule has 3 nitrogen and oxygen atoms in total. The lowest BCUT2D eigenvalue weighted by molar-refractivity contribution is 0.560. The summed E-state index contributed by atoms with van der Waals surface area (Å²) in [6, 6.07) is 9.77. The van der Waals surface area contributed by atoms with Crippen molar-refractivity contribution >= 4 is 22.5 Å². The van der Waals surface area contributed by atoms with Gasteiger partial charge in [0.1, 0.15) is 0 Å². The van der Waals surface area contributed by atoms with E-state index in [-0.39, 0.29) is 0 Å². The summed E-state index contributed by atoms with van der Waals surface area (Å²) in [6.07, 6.45) is 5.21. The number of benzene rings is 1. The number of rotatable bonds is 4. The monoisotopic (exact) mass is 272 g/mol. The van der Waals surface area contributed by atoms with E-state index >= 15 is 0 Å². The number of aromatic nitrogens is 1. The highest BCUT2D eigenvalue weighted by atomic mass is 35.5. The van der Waals surface area contributed by atoms with Crippen LogP contribution in [0.1, 0.15) is 11.1 Å². The summed E-state index contributed by atoms with van der Waals surface area (Å²) in [5.41, 5.74) is 3.23. The number of halogens is 1. The van der Waals surface area contributed by atoms with Gasteiger partial charge in [0.15, 0.2) is 0 Å². The Bertz CT molecular complexity index is 680. The Morgan fingerprint density at radius 1 is 1.16 bits per heavy atom. The van der Waals surface area contributed by atoms with Gasteiger partial charge in [0.25, 0.3) is 0 Å². The lowest BCUT2D eigenvalue weighted by Crippen LogP contribution is -2.12. The second kappa shape index (κ2) is 5.43. The van der Waals surface area contributed by atoms with Crippen molar-refractivity contribution < 1.29 is 4.42 Å². The van der Waals surface area contributed by atoms with Gasteiger partial charge in [-0.2, -0.15) is 0 Å². The maximum absolute atomic E-state index is 6.17. The van der Waals surface area contributed by atoms with Crippen LogP contribution in [0.25, 0.3) is 10.9 Å². The van der Waals surface area contributed by atoms with Gasteiger partial charge in [-0.1, -0.05) is 17.7 Å². The Balaban J connectivity index is 1.79. The number of furan rings is 1. The second-order valence-corrected chi connectivity index (χ2v) is 4.75. The van der Waals surface area contributed by atoms with Crippen LogP contribution in [0.2, 0.25) is 5.02 Å². The topological polar surface area (TPSA) is 38.1 Å². The van der Waals surface area contributed by atoms with E-state index in [2.05, 4.69) is 10.3 Å². The molecule has 2 heterocycles. The van der Waals surface area contributed by atoms with Gasteiger partial charge in [0.05, 0.1) is 18.0 Å². The molecule has 0 atom stereocenters. The minimum atomic E-state index is 0.738. The molecule has 0 saturated heterocycles. The van der Waals surface area contributed by atoms with E-state index in [0.29, 0.717) is 0 Å². The van der Waals surface area contributed by atoms with Gasteiger partial charge in [0, 0.05) is 35.3 Å². The van der Waals surface area contributed by atoms with E-state index in [1.165, 1.54) is 0 Å². The fraction of sp³-hybridized carbons (Fsp3) is 0.133. The minimum absolute atomic E-state index is 0.738. The van der Waals surface area contributed by atoms with E-state index in [9.17, 15) is 0 Å². The molecule has 0 unspecified atom stereocenters. The van der Waals surface area contributed by atoms with Crippen LogP contribution >= 0.6 is 11.6 Å². The predicted octanol–water partition coefficient (Wildman–Crippen LogP) is 3.77. The summed E-state index contributed by atoms with van der Waals surface area (Å²) in [4.78, 5) is 4.41. The number of hydrogen-bond acceptors (Lipinski definition) is 3. The number of pyridine rings is 1. The molecule has 0 bridgehead atoms. The molecule has 4 heteroatoms. The Morgan fingerprint density at radius 3 is 2.95 bits per heavy atom. The molecule has 0 fully saturated rings. The molecule has 0 spiro atoms. The molecule has 0 aliphatic carbocycles. The van der Waals surface area contributed by atoms with Crippen molar-refractivity contribution in [3.05, 3.63) is 65.2 Å². The highest BCUT2D eigenvalue weighted by Crippen LogP contribution is 2.24. The fourth-order valence-corrected chi connectivity index (χ4v) is 2.29. The minimum Gasteiger partial charge on any atom is -0.472 e. The largest absolute Gasteiger partial charge is 0.472 e. The molecule has 0 aliphatic heterocycles. The molecule has 3 rings (SSSR count). The Kier molecular flexibility index (Phi) is 3.49. The summed E-state index contributed by atoms with van der Waals surface area (Å²) in [6.45, 7) is 1.52. The van der Waals surface area contributed by atoms with Gasteiger partial charge >= 0.3 is 0 Å². The second-order valence-electron chi connectivity index (χ2n) is 4.34. The first-order valence-corrected chi connectivity index (χ1v) is 6.46. The van der Waals surface area contributed by atoms with Crippen molar-refractivity contribution in [2.45, 2.75) is 13.1 Å². The van der Waals surface area contributed by atoms with Crippen LogP contribution in [0.3, 0.4) is 0 Å². The smallest absolute Gasteiger partial charge is 0.0947 e. The molecule has 96 valence electrons. The first-order valence-electron chi connectivity index (χ1n) is 6.08. The van der Waals surface area contributed by atoms with Crippen LogP contribution in [-0.4, -0.2) is 4.98 Å². The van der Waals surface area contributed by atoms with Crippen molar-refractivity contribution in [3.63, 3.8) is 0 Å². The van der Waals surface area contributed by atoms with E-state index in [0.717, 1.165) is 40.1 Å². The van der Waals surface area contributed by atoms with Gasteiger partial charge in [-0.05, 0) is 29.8 Å². The Hall–Kier alpha value is -1.84. The standard InChI is InChI=1S/C15H13ClN2O/c16-14-4-3-12(15-13(14)2-1-6-18-15)9-17-8-11-5-7-19-10-11/h1-7,10,17H,8-9H2. The van der Waals surface area contributed by atoms with Gasteiger partial charge in [-0.3, -0.25) is 4.98 Å². The van der Waals surface area contributed by atoms with E-state index in [1.807, 2.05) is 30.3 Å². The lowest BCUT2D eigenvalue weighted by Gasteiger charge is -2.08. The van der Waals surface area contributed by atoms with E-state index in [1.54, 1.807) is 18.7 Å². The molecule has 0 amide bonds. The van der Waals surface area contributed by atoms with Crippen molar-refractivity contribution in [3.8, 4) is 0 Å². The molecular weight excluding hydrogens is 260 g/mol. The first-order chi connectivity index (χ1) is 9.34. The Morgan fingerprint density at radius 2 is 2.11 bits per heavy atom. The zero-order valence-corrected chi connectivity index (χ0v) is 11.0. The third-order valence-electron chi connectivity index (χ3n) is 3.02. The molecule has 2 aromatic heterocycles. The maximum atomic E-state index is 6.17. The van der Waals surface area contributed by atoms with Crippen molar-refractivity contribution in [2.75, 3.05) is 0 Å². The van der Waals surface area contributed by atoms with Crippen molar-refractivity contribution in [1.29, 1.82) is 0 Å². The Labute approximate surface area is 116 Å². The quantitative estimate of drug-likeness (QED) is 0.786.